The van der Waals surface area contributed by atoms with E-state index < -0.39 is 17.7 Å². The van der Waals surface area contributed by atoms with Gasteiger partial charge in [-0.3, -0.25) is 4.79 Å². The number of hydrogen-bond donors (Lipinski definition) is 1. The minimum absolute atomic E-state index is 0.0367. The predicted molar refractivity (Wildman–Crippen MR) is 88.3 cm³/mol. The zero-order valence-electron chi connectivity index (χ0n) is 14.3. The number of amides is 2. The number of nitrogens with one attached hydrogen (secondary N) is 1. The molecule has 6 nitrogen and oxygen atoms in total. The second-order valence-electron chi connectivity index (χ2n) is 7.35. The number of benzene rings is 1. The van der Waals surface area contributed by atoms with E-state index in [0.717, 1.165) is 5.56 Å². The van der Waals surface area contributed by atoms with Gasteiger partial charge in [0.1, 0.15) is 17.7 Å². The van der Waals surface area contributed by atoms with Crippen molar-refractivity contribution < 1.29 is 19.1 Å². The molecule has 24 heavy (non-hydrogen) atoms. The molecule has 2 heterocycles. The van der Waals surface area contributed by atoms with Crippen molar-refractivity contribution >= 4 is 12.0 Å². The Balaban J connectivity index is 1.68. The number of carbonyl (C=O) groups is 2. The minimum Gasteiger partial charge on any atom is -0.444 e. The lowest BCUT2D eigenvalue weighted by Gasteiger charge is -2.27. The van der Waals surface area contributed by atoms with Crippen LogP contribution in [-0.2, 0) is 20.8 Å². The van der Waals surface area contributed by atoms with Gasteiger partial charge in [-0.25, -0.2) is 4.79 Å². The first kappa shape index (κ1) is 16.8. The van der Waals surface area contributed by atoms with E-state index >= 15 is 0 Å². The molecule has 3 unspecified atom stereocenters. The SMILES string of the molecule is CC(C)(C)OC(=O)NC1CC2OC2CN(Cc2ccccc2)C1=O. The van der Waals surface area contributed by atoms with Crippen molar-refractivity contribution in [3.63, 3.8) is 0 Å². The lowest BCUT2D eigenvalue weighted by Crippen LogP contribution is -2.49. The van der Waals surface area contributed by atoms with E-state index in [9.17, 15) is 9.59 Å². The number of alkyl carbamates (subject to hydrolysis) is 1. The lowest BCUT2D eigenvalue weighted by atomic mass is 10.1. The summed E-state index contributed by atoms with van der Waals surface area (Å²) >= 11 is 0. The van der Waals surface area contributed by atoms with Crippen molar-refractivity contribution in [1.29, 1.82) is 0 Å². The zero-order valence-corrected chi connectivity index (χ0v) is 14.3. The van der Waals surface area contributed by atoms with E-state index in [1.54, 1.807) is 25.7 Å². The topological polar surface area (TPSA) is 71.2 Å². The average Bonchev–Trinajstić information content (AvgIpc) is 3.22. The first-order chi connectivity index (χ1) is 11.3. The summed E-state index contributed by atoms with van der Waals surface area (Å²) in [6.07, 6.45) is 0.0333. The average molecular weight is 332 g/mol. The molecule has 2 aliphatic rings. The molecule has 1 aromatic carbocycles. The Morgan fingerprint density at radius 3 is 2.67 bits per heavy atom. The van der Waals surface area contributed by atoms with Crippen LogP contribution >= 0.6 is 0 Å². The summed E-state index contributed by atoms with van der Waals surface area (Å²) in [5.74, 6) is -0.0829. The van der Waals surface area contributed by atoms with Gasteiger partial charge in [-0.2, -0.15) is 0 Å². The minimum atomic E-state index is -0.610. The number of epoxide rings is 1. The van der Waals surface area contributed by atoms with Gasteiger partial charge in [-0.15, -0.1) is 0 Å². The Labute approximate surface area is 142 Å². The molecular formula is C18H24N2O4. The van der Waals surface area contributed by atoms with E-state index in [1.165, 1.54) is 0 Å². The zero-order chi connectivity index (χ0) is 17.3. The molecule has 2 amide bonds. The van der Waals surface area contributed by atoms with E-state index in [2.05, 4.69) is 5.32 Å². The van der Waals surface area contributed by atoms with Crippen molar-refractivity contribution in [2.45, 2.75) is 57.6 Å². The molecule has 0 saturated carbocycles. The molecule has 2 fully saturated rings. The van der Waals surface area contributed by atoms with E-state index in [-0.39, 0.29) is 18.1 Å². The van der Waals surface area contributed by atoms with Crippen LogP contribution < -0.4 is 5.32 Å². The van der Waals surface area contributed by atoms with Crippen LogP contribution in [0, 0.1) is 0 Å². The highest BCUT2D eigenvalue weighted by atomic mass is 16.6. The number of likely N-dealkylation sites (tertiary alicyclic amines) is 1. The molecule has 1 N–H and O–H groups in total. The van der Waals surface area contributed by atoms with Crippen LogP contribution in [0.1, 0.15) is 32.8 Å². The molecule has 3 atom stereocenters. The maximum Gasteiger partial charge on any atom is 0.408 e. The van der Waals surface area contributed by atoms with Crippen molar-refractivity contribution in [1.82, 2.24) is 10.2 Å². The first-order valence-corrected chi connectivity index (χ1v) is 8.29. The van der Waals surface area contributed by atoms with Gasteiger partial charge in [-0.05, 0) is 26.3 Å². The van der Waals surface area contributed by atoms with Crippen LogP contribution in [0.3, 0.4) is 0 Å². The maximum atomic E-state index is 12.8. The quantitative estimate of drug-likeness (QED) is 0.860. The van der Waals surface area contributed by atoms with E-state index in [4.69, 9.17) is 9.47 Å². The van der Waals surface area contributed by atoms with Gasteiger partial charge in [0.05, 0.1) is 6.10 Å². The summed E-state index contributed by atoms with van der Waals surface area (Å²) in [4.78, 5) is 26.6. The number of hydrogen-bond acceptors (Lipinski definition) is 4. The molecule has 3 rings (SSSR count). The normalized spacial score (nSPS) is 26.4. The summed E-state index contributed by atoms with van der Waals surface area (Å²) in [5.41, 5.74) is 0.459. The molecule has 0 aromatic heterocycles. The van der Waals surface area contributed by atoms with Crippen LogP contribution in [-0.4, -0.2) is 47.3 Å². The van der Waals surface area contributed by atoms with Crippen molar-refractivity contribution in [3.8, 4) is 0 Å². The highest BCUT2D eigenvalue weighted by molar-refractivity contribution is 5.86. The summed E-state index contributed by atoms with van der Waals surface area (Å²) in [5, 5.41) is 2.71. The second kappa shape index (κ2) is 6.43. The lowest BCUT2D eigenvalue weighted by molar-refractivity contribution is -0.134. The molecular weight excluding hydrogens is 308 g/mol. The highest BCUT2D eigenvalue weighted by Gasteiger charge is 2.48. The fraction of sp³-hybridized carbons (Fsp3) is 0.556. The third-order valence-corrected chi connectivity index (χ3v) is 4.07. The van der Waals surface area contributed by atoms with Crippen LogP contribution in [0.4, 0.5) is 4.79 Å². The summed E-state index contributed by atoms with van der Waals surface area (Å²) in [7, 11) is 0. The monoisotopic (exact) mass is 332 g/mol. The van der Waals surface area contributed by atoms with Crippen LogP contribution in [0.15, 0.2) is 30.3 Å². The Bertz CT molecular complexity index is 611. The number of carbonyl (C=O) groups excluding carboxylic acids is 2. The molecule has 0 radical (unpaired) electrons. The van der Waals surface area contributed by atoms with Gasteiger partial charge in [-0.1, -0.05) is 30.3 Å². The van der Waals surface area contributed by atoms with Crippen LogP contribution in [0.2, 0.25) is 0 Å². The smallest absolute Gasteiger partial charge is 0.408 e. The number of fused-ring (bicyclic) bond motifs is 1. The predicted octanol–water partition coefficient (Wildman–Crippen LogP) is 2.08. The second-order valence-corrected chi connectivity index (χ2v) is 7.35. The van der Waals surface area contributed by atoms with E-state index in [1.807, 2.05) is 30.3 Å². The van der Waals surface area contributed by atoms with Crippen LogP contribution in [0.25, 0.3) is 0 Å². The fourth-order valence-corrected chi connectivity index (χ4v) is 2.92. The number of ether oxygens (including phenoxy) is 2. The summed E-state index contributed by atoms with van der Waals surface area (Å²) in [6, 6.07) is 9.20. The highest BCUT2D eigenvalue weighted by Crippen LogP contribution is 2.31. The van der Waals surface area contributed by atoms with Gasteiger partial charge in [0.2, 0.25) is 5.91 Å². The van der Waals surface area contributed by atoms with E-state index in [0.29, 0.717) is 19.5 Å². The van der Waals surface area contributed by atoms with Crippen molar-refractivity contribution in [2.75, 3.05) is 6.54 Å². The standard InChI is InChI=1S/C18H24N2O4/c1-18(2,3)24-17(22)19-13-9-14-15(23-14)11-20(16(13)21)10-12-7-5-4-6-8-12/h4-8,13-15H,9-11H2,1-3H3,(H,19,22). The van der Waals surface area contributed by atoms with Crippen LogP contribution in [0.5, 0.6) is 0 Å². The molecule has 1 aromatic rings. The molecule has 2 saturated heterocycles. The van der Waals surface area contributed by atoms with Gasteiger partial charge in [0, 0.05) is 19.5 Å². The Morgan fingerprint density at radius 1 is 1.29 bits per heavy atom. The third kappa shape index (κ3) is 4.26. The first-order valence-electron chi connectivity index (χ1n) is 8.29. The molecule has 0 bridgehead atoms. The Hall–Kier alpha value is -2.08. The van der Waals surface area contributed by atoms with Crippen molar-refractivity contribution in [3.05, 3.63) is 35.9 Å². The third-order valence-electron chi connectivity index (χ3n) is 4.07. The largest absolute Gasteiger partial charge is 0.444 e. The van der Waals surface area contributed by atoms with Crippen molar-refractivity contribution in [2.24, 2.45) is 0 Å². The van der Waals surface area contributed by atoms with Gasteiger partial charge in [0.15, 0.2) is 0 Å². The molecule has 0 aliphatic carbocycles. The summed E-state index contributed by atoms with van der Waals surface area (Å²) < 4.78 is 10.9. The van der Waals surface area contributed by atoms with Gasteiger partial charge >= 0.3 is 6.09 Å². The Morgan fingerprint density at radius 2 is 2.00 bits per heavy atom. The number of nitrogens with zero attached hydrogens (tertiary/aromatic N) is 1. The summed E-state index contributed by atoms with van der Waals surface area (Å²) in [6.45, 7) is 6.46. The fourth-order valence-electron chi connectivity index (χ4n) is 2.92. The maximum absolute atomic E-state index is 12.8. The number of rotatable bonds is 3. The van der Waals surface area contributed by atoms with Gasteiger partial charge < -0.3 is 19.7 Å². The Kier molecular flexibility index (Phi) is 4.49. The molecule has 6 heteroatoms. The molecule has 0 spiro atoms. The molecule has 130 valence electrons. The van der Waals surface area contributed by atoms with Gasteiger partial charge in [0.25, 0.3) is 0 Å². The molecule has 2 aliphatic heterocycles.